The molecule has 0 aliphatic carbocycles. The van der Waals surface area contributed by atoms with Crippen LogP contribution >= 0.6 is 0 Å². The molecule has 1 aromatic carbocycles. The SMILES string of the molecule is COc1cccc(Nc2ncccc2C(=O)N[C@H](C)c2cnn(C)c2C)c1. The normalized spacial score (nSPS) is 11.7. The molecule has 0 bridgehead atoms. The standard InChI is InChI=1S/C20H23N5O2/c1-13(18-12-22-25(3)14(18)2)23-20(26)17-9-6-10-21-19(17)24-15-7-5-8-16(11-15)27-4/h5-13H,1-4H3,(H,21,24)(H,23,26)/t13-/m1/s1. The number of methoxy groups -OCH3 is 1. The molecule has 2 N–H and O–H groups in total. The molecule has 140 valence electrons. The molecule has 0 saturated carbocycles. The largest absolute Gasteiger partial charge is 0.497 e. The van der Waals surface area contributed by atoms with E-state index in [-0.39, 0.29) is 11.9 Å². The number of hydrogen-bond donors (Lipinski definition) is 2. The number of amides is 1. The molecule has 2 heterocycles. The fourth-order valence-electron chi connectivity index (χ4n) is 2.82. The fraction of sp³-hybridized carbons (Fsp3) is 0.250. The van der Waals surface area contributed by atoms with Gasteiger partial charge in [0, 0.05) is 36.3 Å². The number of anilines is 2. The Hall–Kier alpha value is -3.35. The number of carbonyl (C=O) groups is 1. The molecule has 7 nitrogen and oxygen atoms in total. The summed E-state index contributed by atoms with van der Waals surface area (Å²) in [6.45, 7) is 3.91. The van der Waals surface area contributed by atoms with Gasteiger partial charge >= 0.3 is 0 Å². The summed E-state index contributed by atoms with van der Waals surface area (Å²) in [5.74, 6) is 1.00. The Kier molecular flexibility index (Phi) is 5.40. The van der Waals surface area contributed by atoms with Crippen LogP contribution in [0.1, 0.15) is 34.6 Å². The van der Waals surface area contributed by atoms with Gasteiger partial charge in [0.1, 0.15) is 11.6 Å². The van der Waals surface area contributed by atoms with Crippen molar-refractivity contribution in [3.63, 3.8) is 0 Å². The molecule has 3 aromatic rings. The first-order chi connectivity index (χ1) is 13.0. The third-order valence-corrected chi connectivity index (χ3v) is 4.47. The van der Waals surface area contributed by atoms with Gasteiger partial charge in [-0.1, -0.05) is 6.07 Å². The van der Waals surface area contributed by atoms with Gasteiger partial charge in [0.25, 0.3) is 5.91 Å². The lowest BCUT2D eigenvalue weighted by Crippen LogP contribution is -2.27. The zero-order valence-electron chi connectivity index (χ0n) is 15.9. The summed E-state index contributed by atoms with van der Waals surface area (Å²) in [5.41, 5.74) is 3.26. The van der Waals surface area contributed by atoms with Gasteiger partial charge in [-0.25, -0.2) is 4.98 Å². The number of carbonyl (C=O) groups excluding carboxylic acids is 1. The number of nitrogens with zero attached hydrogens (tertiary/aromatic N) is 3. The fourth-order valence-corrected chi connectivity index (χ4v) is 2.82. The first-order valence-electron chi connectivity index (χ1n) is 8.65. The molecule has 0 fully saturated rings. The maximum atomic E-state index is 12.8. The summed E-state index contributed by atoms with van der Waals surface area (Å²) < 4.78 is 7.03. The minimum Gasteiger partial charge on any atom is -0.497 e. The second-order valence-corrected chi connectivity index (χ2v) is 6.26. The minimum atomic E-state index is -0.204. The highest BCUT2D eigenvalue weighted by atomic mass is 16.5. The molecular weight excluding hydrogens is 342 g/mol. The zero-order chi connectivity index (χ0) is 19.4. The van der Waals surface area contributed by atoms with E-state index < -0.39 is 0 Å². The van der Waals surface area contributed by atoms with Crippen LogP contribution in [-0.4, -0.2) is 27.8 Å². The van der Waals surface area contributed by atoms with Crippen molar-refractivity contribution < 1.29 is 9.53 Å². The van der Waals surface area contributed by atoms with Crippen molar-refractivity contribution >= 4 is 17.4 Å². The molecule has 3 rings (SSSR count). The van der Waals surface area contributed by atoms with Gasteiger partial charge in [-0.05, 0) is 38.1 Å². The van der Waals surface area contributed by atoms with E-state index >= 15 is 0 Å². The summed E-state index contributed by atoms with van der Waals surface area (Å²) in [5, 5.41) is 10.4. The molecule has 0 aliphatic heterocycles. The van der Waals surface area contributed by atoms with Gasteiger partial charge in [0.15, 0.2) is 0 Å². The van der Waals surface area contributed by atoms with Gasteiger partial charge < -0.3 is 15.4 Å². The van der Waals surface area contributed by atoms with E-state index in [1.165, 1.54) is 0 Å². The number of benzene rings is 1. The van der Waals surface area contributed by atoms with Crippen molar-refractivity contribution in [3.8, 4) is 5.75 Å². The summed E-state index contributed by atoms with van der Waals surface area (Å²) in [6, 6.07) is 10.8. The summed E-state index contributed by atoms with van der Waals surface area (Å²) in [6.07, 6.45) is 3.42. The Bertz CT molecular complexity index is 951. The van der Waals surface area contributed by atoms with Crippen LogP contribution in [0, 0.1) is 6.92 Å². The maximum Gasteiger partial charge on any atom is 0.255 e. The number of rotatable bonds is 6. The predicted octanol–water partition coefficient (Wildman–Crippen LogP) is 3.37. The molecule has 1 atom stereocenters. The van der Waals surface area contributed by atoms with E-state index in [0.29, 0.717) is 11.4 Å². The Balaban J connectivity index is 1.80. The number of aromatic nitrogens is 3. The van der Waals surface area contributed by atoms with Gasteiger partial charge in [-0.3, -0.25) is 9.48 Å². The van der Waals surface area contributed by atoms with E-state index in [9.17, 15) is 4.79 Å². The number of hydrogen-bond acceptors (Lipinski definition) is 5. The van der Waals surface area contributed by atoms with E-state index in [0.717, 1.165) is 22.7 Å². The van der Waals surface area contributed by atoms with Crippen molar-refractivity contribution in [1.29, 1.82) is 0 Å². The lowest BCUT2D eigenvalue weighted by atomic mass is 10.1. The van der Waals surface area contributed by atoms with Crippen molar-refractivity contribution in [3.05, 3.63) is 65.6 Å². The molecule has 7 heteroatoms. The third kappa shape index (κ3) is 4.08. The first kappa shape index (κ1) is 18.4. The minimum absolute atomic E-state index is 0.170. The van der Waals surface area contributed by atoms with Crippen LogP contribution in [0.15, 0.2) is 48.8 Å². The maximum absolute atomic E-state index is 12.8. The molecule has 2 aromatic heterocycles. The Labute approximate surface area is 158 Å². The topological polar surface area (TPSA) is 81.1 Å². The molecule has 0 radical (unpaired) electrons. The molecule has 0 unspecified atom stereocenters. The van der Waals surface area contributed by atoms with Crippen molar-refractivity contribution in [2.75, 3.05) is 12.4 Å². The molecule has 0 aliphatic rings. The summed E-state index contributed by atoms with van der Waals surface area (Å²) in [7, 11) is 3.49. The van der Waals surface area contributed by atoms with E-state index in [2.05, 4.69) is 20.7 Å². The number of pyridine rings is 1. The van der Waals surface area contributed by atoms with Crippen LogP contribution in [-0.2, 0) is 7.05 Å². The molecule has 27 heavy (non-hydrogen) atoms. The molecular formula is C20H23N5O2. The lowest BCUT2D eigenvalue weighted by molar-refractivity contribution is 0.0940. The average molecular weight is 365 g/mol. The quantitative estimate of drug-likeness (QED) is 0.700. The highest BCUT2D eigenvalue weighted by molar-refractivity contribution is 5.99. The Morgan fingerprint density at radius 2 is 2.07 bits per heavy atom. The molecule has 0 saturated heterocycles. The monoisotopic (exact) mass is 365 g/mol. The highest BCUT2D eigenvalue weighted by Gasteiger charge is 2.18. The number of aryl methyl sites for hydroxylation is 1. The first-order valence-corrected chi connectivity index (χ1v) is 8.65. The third-order valence-electron chi connectivity index (χ3n) is 4.47. The van der Waals surface area contributed by atoms with Gasteiger partial charge in [0.2, 0.25) is 0 Å². The van der Waals surface area contributed by atoms with E-state index in [1.54, 1.807) is 36.3 Å². The Morgan fingerprint density at radius 3 is 2.78 bits per heavy atom. The van der Waals surface area contributed by atoms with Gasteiger partial charge in [-0.15, -0.1) is 0 Å². The average Bonchev–Trinajstić information content (AvgIpc) is 3.01. The van der Waals surface area contributed by atoms with Crippen molar-refractivity contribution in [2.45, 2.75) is 19.9 Å². The summed E-state index contributed by atoms with van der Waals surface area (Å²) >= 11 is 0. The van der Waals surface area contributed by atoms with Crippen LogP contribution in [0.25, 0.3) is 0 Å². The molecule has 0 spiro atoms. The van der Waals surface area contributed by atoms with Crippen molar-refractivity contribution in [1.82, 2.24) is 20.1 Å². The molecule has 1 amide bonds. The highest BCUT2D eigenvalue weighted by Crippen LogP contribution is 2.23. The number of ether oxygens (including phenoxy) is 1. The lowest BCUT2D eigenvalue weighted by Gasteiger charge is -2.16. The van der Waals surface area contributed by atoms with E-state index in [4.69, 9.17) is 4.74 Å². The number of nitrogens with one attached hydrogen (secondary N) is 2. The van der Waals surface area contributed by atoms with E-state index in [1.807, 2.05) is 45.2 Å². The van der Waals surface area contributed by atoms with Crippen LogP contribution in [0.5, 0.6) is 5.75 Å². The van der Waals surface area contributed by atoms with Crippen LogP contribution in [0.4, 0.5) is 11.5 Å². The Morgan fingerprint density at radius 1 is 1.26 bits per heavy atom. The van der Waals surface area contributed by atoms with Crippen LogP contribution < -0.4 is 15.4 Å². The summed E-state index contributed by atoms with van der Waals surface area (Å²) in [4.78, 5) is 17.2. The van der Waals surface area contributed by atoms with Crippen molar-refractivity contribution in [2.24, 2.45) is 7.05 Å². The van der Waals surface area contributed by atoms with Gasteiger partial charge in [0.05, 0.1) is 24.9 Å². The van der Waals surface area contributed by atoms with Gasteiger partial charge in [-0.2, -0.15) is 5.10 Å². The van der Waals surface area contributed by atoms with Crippen LogP contribution in [0.3, 0.4) is 0 Å². The smallest absolute Gasteiger partial charge is 0.255 e. The van der Waals surface area contributed by atoms with Crippen LogP contribution in [0.2, 0.25) is 0 Å². The second-order valence-electron chi connectivity index (χ2n) is 6.26. The predicted molar refractivity (Wildman–Crippen MR) is 104 cm³/mol. The second kappa shape index (κ2) is 7.90. The zero-order valence-corrected chi connectivity index (χ0v) is 15.9.